The second kappa shape index (κ2) is 7.17. The van der Waals surface area contributed by atoms with E-state index in [0.29, 0.717) is 12.7 Å². The third-order valence-corrected chi connectivity index (χ3v) is 3.12. The van der Waals surface area contributed by atoms with Gasteiger partial charge in [0.25, 0.3) is 0 Å². The maximum Gasteiger partial charge on any atom is 0.123 e. The fourth-order valence-electron chi connectivity index (χ4n) is 1.89. The highest BCUT2D eigenvalue weighted by molar-refractivity contribution is 5.85. The van der Waals surface area contributed by atoms with Crippen LogP contribution >= 0.6 is 12.4 Å². The van der Waals surface area contributed by atoms with Crippen LogP contribution in [0.15, 0.2) is 54.6 Å². The van der Waals surface area contributed by atoms with Crippen LogP contribution in [0.5, 0.6) is 11.5 Å². The highest BCUT2D eigenvalue weighted by Gasteiger charge is 2.17. The molecule has 0 atom stereocenters. The van der Waals surface area contributed by atoms with Gasteiger partial charge in [-0.05, 0) is 29.8 Å². The van der Waals surface area contributed by atoms with Gasteiger partial charge in [0.1, 0.15) is 24.2 Å². The summed E-state index contributed by atoms with van der Waals surface area (Å²) in [6, 6.07) is 18.0. The van der Waals surface area contributed by atoms with E-state index in [1.807, 2.05) is 42.5 Å². The van der Waals surface area contributed by atoms with E-state index in [4.69, 9.17) is 9.47 Å². The number of hydrogen-bond acceptors (Lipinski definition) is 3. The Bertz CT molecular complexity index is 512. The van der Waals surface area contributed by atoms with Crippen LogP contribution in [0, 0.1) is 0 Å². The Hall–Kier alpha value is -1.71. The molecule has 4 heteroatoms. The summed E-state index contributed by atoms with van der Waals surface area (Å²) >= 11 is 0. The lowest BCUT2D eigenvalue weighted by Gasteiger charge is -2.27. The molecular formula is C16H18ClNO2. The maximum atomic E-state index is 5.75. The van der Waals surface area contributed by atoms with Gasteiger partial charge in [0.05, 0.1) is 0 Å². The van der Waals surface area contributed by atoms with Crippen LogP contribution < -0.4 is 14.8 Å². The summed E-state index contributed by atoms with van der Waals surface area (Å²) in [5, 5.41) is 3.18. The van der Waals surface area contributed by atoms with Crippen molar-refractivity contribution in [1.82, 2.24) is 5.32 Å². The van der Waals surface area contributed by atoms with Crippen molar-refractivity contribution in [2.45, 2.75) is 12.7 Å². The third kappa shape index (κ3) is 3.89. The first-order valence-electron chi connectivity index (χ1n) is 6.54. The van der Waals surface area contributed by atoms with Gasteiger partial charge in [-0.1, -0.05) is 30.3 Å². The molecule has 2 aromatic rings. The molecule has 2 aromatic carbocycles. The number of ether oxygens (including phenoxy) is 2. The van der Waals surface area contributed by atoms with Gasteiger partial charge < -0.3 is 14.8 Å². The minimum atomic E-state index is 0. The summed E-state index contributed by atoms with van der Waals surface area (Å²) in [5.41, 5.74) is 1.17. The quantitative estimate of drug-likeness (QED) is 0.918. The lowest BCUT2D eigenvalue weighted by atomic mass is 10.2. The first-order valence-corrected chi connectivity index (χ1v) is 6.54. The molecule has 3 nitrogen and oxygen atoms in total. The molecule has 1 saturated heterocycles. The summed E-state index contributed by atoms with van der Waals surface area (Å²) in [6.45, 7) is 2.46. The fraction of sp³-hybridized carbons (Fsp3) is 0.250. The minimum absolute atomic E-state index is 0. The smallest absolute Gasteiger partial charge is 0.123 e. The van der Waals surface area contributed by atoms with Crippen LogP contribution in [-0.2, 0) is 6.61 Å². The molecule has 0 amide bonds. The lowest BCUT2D eigenvalue weighted by molar-refractivity contribution is 0.142. The van der Waals surface area contributed by atoms with Gasteiger partial charge in [-0.25, -0.2) is 0 Å². The van der Waals surface area contributed by atoms with E-state index in [2.05, 4.69) is 17.4 Å². The highest BCUT2D eigenvalue weighted by atomic mass is 35.5. The molecule has 20 heavy (non-hydrogen) atoms. The zero-order valence-electron chi connectivity index (χ0n) is 11.1. The van der Waals surface area contributed by atoms with E-state index in [0.717, 1.165) is 24.6 Å². The molecule has 0 unspecified atom stereocenters. The van der Waals surface area contributed by atoms with E-state index < -0.39 is 0 Å². The normalized spacial score (nSPS) is 14.0. The van der Waals surface area contributed by atoms with E-state index in [9.17, 15) is 0 Å². The summed E-state index contributed by atoms with van der Waals surface area (Å²) in [7, 11) is 0. The topological polar surface area (TPSA) is 30.5 Å². The van der Waals surface area contributed by atoms with Crippen LogP contribution in [0.25, 0.3) is 0 Å². The first kappa shape index (κ1) is 14.7. The average Bonchev–Trinajstić information content (AvgIpc) is 2.43. The summed E-state index contributed by atoms with van der Waals surface area (Å²) in [6.07, 6.45) is 0.316. The van der Waals surface area contributed by atoms with Crippen LogP contribution in [-0.4, -0.2) is 19.2 Å². The summed E-state index contributed by atoms with van der Waals surface area (Å²) in [4.78, 5) is 0. The minimum Gasteiger partial charge on any atom is -0.489 e. The zero-order chi connectivity index (χ0) is 12.9. The van der Waals surface area contributed by atoms with Crippen LogP contribution in [0.4, 0.5) is 0 Å². The highest BCUT2D eigenvalue weighted by Crippen LogP contribution is 2.20. The predicted octanol–water partition coefficient (Wildman–Crippen LogP) is 3.04. The maximum absolute atomic E-state index is 5.75. The number of nitrogens with one attached hydrogen (secondary N) is 1. The molecule has 106 valence electrons. The van der Waals surface area contributed by atoms with Gasteiger partial charge in [-0.3, -0.25) is 0 Å². The second-order valence-electron chi connectivity index (χ2n) is 4.64. The van der Waals surface area contributed by atoms with E-state index in [1.54, 1.807) is 0 Å². The van der Waals surface area contributed by atoms with E-state index in [1.165, 1.54) is 5.56 Å². The van der Waals surface area contributed by atoms with Crippen molar-refractivity contribution in [2.75, 3.05) is 13.1 Å². The van der Waals surface area contributed by atoms with Gasteiger partial charge in [0.15, 0.2) is 0 Å². The molecular weight excluding hydrogens is 274 g/mol. The molecule has 1 N–H and O–H groups in total. The van der Waals surface area contributed by atoms with E-state index >= 15 is 0 Å². The predicted molar refractivity (Wildman–Crippen MR) is 81.7 cm³/mol. The van der Waals surface area contributed by atoms with Gasteiger partial charge in [-0.2, -0.15) is 0 Å². The van der Waals surface area contributed by atoms with Gasteiger partial charge in [0, 0.05) is 13.1 Å². The van der Waals surface area contributed by atoms with Crippen LogP contribution in [0.3, 0.4) is 0 Å². The largest absolute Gasteiger partial charge is 0.489 e. The van der Waals surface area contributed by atoms with Crippen molar-refractivity contribution in [1.29, 1.82) is 0 Å². The standard InChI is InChI=1S/C16H17NO2.ClH/c1-2-4-13(5-3-1)12-18-14-6-8-15(9-7-14)19-16-10-17-11-16;/h1-9,16-17H,10-12H2;1H. The number of hydrogen-bond donors (Lipinski definition) is 1. The lowest BCUT2D eigenvalue weighted by Crippen LogP contribution is -2.50. The van der Waals surface area contributed by atoms with Gasteiger partial charge >= 0.3 is 0 Å². The monoisotopic (exact) mass is 291 g/mol. The van der Waals surface area contributed by atoms with Crippen LogP contribution in [0.1, 0.15) is 5.56 Å². The molecule has 1 heterocycles. The van der Waals surface area contributed by atoms with Crippen molar-refractivity contribution in [2.24, 2.45) is 0 Å². The Kier molecular flexibility index (Phi) is 5.27. The molecule has 0 aliphatic carbocycles. The second-order valence-corrected chi connectivity index (χ2v) is 4.64. The molecule has 0 aromatic heterocycles. The molecule has 1 aliphatic rings. The Morgan fingerprint density at radius 3 is 2.15 bits per heavy atom. The first-order chi connectivity index (χ1) is 9.40. The average molecular weight is 292 g/mol. The fourth-order valence-corrected chi connectivity index (χ4v) is 1.89. The molecule has 1 aliphatic heterocycles. The Labute approximate surface area is 125 Å². The summed E-state index contributed by atoms with van der Waals surface area (Å²) < 4.78 is 11.5. The number of rotatable bonds is 5. The van der Waals surface area contributed by atoms with Crippen molar-refractivity contribution in [3.05, 3.63) is 60.2 Å². The van der Waals surface area contributed by atoms with E-state index in [-0.39, 0.29) is 12.4 Å². The molecule has 0 spiro atoms. The van der Waals surface area contributed by atoms with Crippen molar-refractivity contribution < 1.29 is 9.47 Å². The molecule has 0 bridgehead atoms. The van der Waals surface area contributed by atoms with Crippen molar-refractivity contribution >= 4 is 12.4 Å². The SMILES string of the molecule is Cl.c1ccc(COc2ccc(OC3CNC3)cc2)cc1. The Balaban J connectivity index is 0.00000147. The van der Waals surface area contributed by atoms with Crippen molar-refractivity contribution in [3.8, 4) is 11.5 Å². The number of halogens is 1. The summed E-state index contributed by atoms with van der Waals surface area (Å²) in [5.74, 6) is 1.77. The van der Waals surface area contributed by atoms with Gasteiger partial charge in [-0.15, -0.1) is 12.4 Å². The van der Waals surface area contributed by atoms with Crippen LogP contribution in [0.2, 0.25) is 0 Å². The Morgan fingerprint density at radius 1 is 0.900 bits per heavy atom. The molecule has 0 saturated carbocycles. The molecule has 3 rings (SSSR count). The van der Waals surface area contributed by atoms with Gasteiger partial charge in [0.2, 0.25) is 0 Å². The zero-order valence-corrected chi connectivity index (χ0v) is 11.9. The number of benzene rings is 2. The van der Waals surface area contributed by atoms with Crippen molar-refractivity contribution in [3.63, 3.8) is 0 Å². The third-order valence-electron chi connectivity index (χ3n) is 3.12. The Morgan fingerprint density at radius 2 is 1.55 bits per heavy atom. The molecule has 0 radical (unpaired) electrons. The molecule has 1 fully saturated rings.